The van der Waals surface area contributed by atoms with Crippen LogP contribution in [0.5, 0.6) is 0 Å². The maximum absolute atomic E-state index is 14.0. The van der Waals surface area contributed by atoms with Crippen LogP contribution in [-0.4, -0.2) is 79.5 Å². The van der Waals surface area contributed by atoms with Gasteiger partial charge >= 0.3 is 201 Å². The van der Waals surface area contributed by atoms with Gasteiger partial charge in [0.15, 0.2) is 0 Å². The molecule has 0 rings (SSSR count). The zero-order valence-electron chi connectivity index (χ0n) is 17.9. The molecule has 0 amide bonds. The van der Waals surface area contributed by atoms with E-state index >= 15 is 0 Å². The van der Waals surface area contributed by atoms with Crippen LogP contribution in [0.1, 0.15) is 13.3 Å². The molecule has 0 aromatic carbocycles. The third kappa shape index (κ3) is 7.13. The zero-order valence-corrected chi connectivity index (χ0v) is 20.7. The Balaban J connectivity index is 7.34. The Hall–Kier alpha value is -0.711. The van der Waals surface area contributed by atoms with Crippen molar-refractivity contribution in [3.8, 4) is 0 Å². The van der Waals surface area contributed by atoms with Gasteiger partial charge in [-0.25, -0.2) is 0 Å². The van der Waals surface area contributed by atoms with Gasteiger partial charge in [-0.1, -0.05) is 0 Å². The van der Waals surface area contributed by atoms with E-state index in [1.807, 2.05) is 0 Å². The first kappa shape index (κ1) is 37.3. The van der Waals surface area contributed by atoms with Crippen LogP contribution in [0, 0.1) is 0 Å². The average molecular weight is 727 g/mol. The molecule has 0 N–H and O–H groups in total. The molecule has 38 heavy (non-hydrogen) atoms. The van der Waals surface area contributed by atoms with Gasteiger partial charge in [0.1, 0.15) is 0 Å². The fourth-order valence-corrected chi connectivity index (χ4v) is 15.4. The SMILES string of the molecule is CCC[O][Sn]([CH2]C(F)(F)C(F)(F)C(F)(F)F)([CH2]C(F)(F)C(F)(F)C(F)(F)F)[CH2]C(F)(F)C(F)(F)C(F)(F)F. The Labute approximate surface area is 202 Å². The third-order valence-corrected chi connectivity index (χ3v) is 16.3. The maximum atomic E-state index is 14.0. The summed E-state index contributed by atoms with van der Waals surface area (Å²) in [6.45, 7) is -0.908. The molecular formula is C15H13F21OSn. The molecule has 0 saturated carbocycles. The summed E-state index contributed by atoms with van der Waals surface area (Å²) in [5.74, 6) is -43.4. The van der Waals surface area contributed by atoms with E-state index in [-0.39, 0.29) is 0 Å². The molecule has 0 aromatic heterocycles. The fourth-order valence-electron chi connectivity index (χ4n) is 2.83. The van der Waals surface area contributed by atoms with Gasteiger partial charge in [-0.3, -0.25) is 0 Å². The molecule has 0 saturated heterocycles. The molecule has 0 aliphatic carbocycles. The minimum atomic E-state index is -8.54. The molecule has 0 aliphatic rings. The van der Waals surface area contributed by atoms with Gasteiger partial charge in [0.25, 0.3) is 0 Å². The molecule has 0 fully saturated rings. The molecule has 0 radical (unpaired) electrons. The van der Waals surface area contributed by atoms with Crippen molar-refractivity contribution in [3.63, 3.8) is 0 Å². The first-order valence-corrected chi connectivity index (χ1v) is 16.5. The second-order valence-corrected chi connectivity index (χ2v) is 18.5. The van der Waals surface area contributed by atoms with E-state index in [1.54, 1.807) is 0 Å². The Kier molecular flexibility index (Phi) is 10.4. The number of alkyl halides is 21. The number of hydrogen-bond acceptors (Lipinski definition) is 1. The normalized spacial score (nSPS) is 16.3. The van der Waals surface area contributed by atoms with E-state index in [0.29, 0.717) is 0 Å². The summed E-state index contributed by atoms with van der Waals surface area (Å²) >= 11 is -8.54. The van der Waals surface area contributed by atoms with Crippen molar-refractivity contribution < 1.29 is 95.3 Å². The number of rotatable bonds is 12. The predicted molar refractivity (Wildman–Crippen MR) is 84.3 cm³/mol. The van der Waals surface area contributed by atoms with E-state index in [4.69, 9.17) is 0 Å². The standard InChI is InChI=1S/3C4H2F7.C3H7O.Sn/c3*1-2(5,6)3(7,8)4(9,10)11;1-2-3-4;/h3*1H2;2-3H2,1H3;/q;;;-1;+1. The molecule has 0 unspecified atom stereocenters. The summed E-state index contributed by atoms with van der Waals surface area (Å²) in [6.07, 6.45) is -23.0. The van der Waals surface area contributed by atoms with Crippen LogP contribution < -0.4 is 0 Å². The van der Waals surface area contributed by atoms with Crippen LogP contribution in [0.4, 0.5) is 92.2 Å². The fraction of sp³-hybridized carbons (Fsp3) is 1.00. The van der Waals surface area contributed by atoms with Gasteiger partial charge < -0.3 is 0 Å². The van der Waals surface area contributed by atoms with E-state index in [1.165, 1.54) is 0 Å². The van der Waals surface area contributed by atoms with E-state index in [2.05, 4.69) is 3.07 Å². The quantitative estimate of drug-likeness (QED) is 0.144. The Morgan fingerprint density at radius 1 is 0.421 bits per heavy atom. The molecule has 0 aromatic rings. The summed E-state index contributed by atoms with van der Waals surface area (Å²) < 4.78 is 269. The summed E-state index contributed by atoms with van der Waals surface area (Å²) in [5.41, 5.74) is 0. The van der Waals surface area contributed by atoms with Crippen molar-refractivity contribution in [1.82, 2.24) is 0 Å². The second-order valence-electron chi connectivity index (χ2n) is 7.89. The average Bonchev–Trinajstić information content (AvgIpc) is 2.62. The van der Waals surface area contributed by atoms with Crippen molar-refractivity contribution in [3.05, 3.63) is 0 Å². The molecule has 0 aliphatic heterocycles. The number of halogens is 21. The van der Waals surface area contributed by atoms with E-state index < -0.39 is 99.2 Å². The molecule has 23 heteroatoms. The Morgan fingerprint density at radius 3 is 0.789 bits per heavy atom. The first-order valence-electron chi connectivity index (χ1n) is 9.29. The molecule has 0 bridgehead atoms. The third-order valence-electron chi connectivity index (χ3n) is 4.69. The summed E-state index contributed by atoms with van der Waals surface area (Å²) in [4.78, 5) is 0. The monoisotopic (exact) mass is 728 g/mol. The summed E-state index contributed by atoms with van der Waals surface area (Å²) in [5, 5.41) is 0. The van der Waals surface area contributed by atoms with Crippen molar-refractivity contribution >= 4 is 18.8 Å². The zero-order chi connectivity index (χ0) is 31.2. The molecule has 0 heterocycles. The molecule has 0 atom stereocenters. The number of hydrogen-bond donors (Lipinski definition) is 0. The van der Waals surface area contributed by atoms with E-state index in [0.717, 1.165) is 6.92 Å². The van der Waals surface area contributed by atoms with Crippen LogP contribution in [0.25, 0.3) is 0 Å². The molecule has 230 valence electrons. The van der Waals surface area contributed by atoms with Crippen molar-refractivity contribution in [2.24, 2.45) is 0 Å². The van der Waals surface area contributed by atoms with Gasteiger partial charge in [-0.15, -0.1) is 0 Å². The molecular weight excluding hydrogens is 714 g/mol. The Morgan fingerprint density at radius 2 is 0.632 bits per heavy atom. The summed E-state index contributed by atoms with van der Waals surface area (Å²) in [7, 11) is 0. The van der Waals surface area contributed by atoms with Crippen molar-refractivity contribution in [2.75, 3.05) is 6.61 Å². The van der Waals surface area contributed by atoms with Crippen LogP contribution in [0.2, 0.25) is 13.3 Å². The minimum absolute atomic E-state index is 0.754. The topological polar surface area (TPSA) is 9.23 Å². The van der Waals surface area contributed by atoms with Gasteiger partial charge in [0.2, 0.25) is 0 Å². The molecule has 1 nitrogen and oxygen atoms in total. The van der Waals surface area contributed by atoms with Crippen molar-refractivity contribution in [1.29, 1.82) is 0 Å². The van der Waals surface area contributed by atoms with Crippen LogP contribution in [0.15, 0.2) is 0 Å². The Bertz CT molecular complexity index is 694. The van der Waals surface area contributed by atoms with Gasteiger partial charge in [-0.05, 0) is 0 Å². The molecule has 0 spiro atoms. The van der Waals surface area contributed by atoms with Gasteiger partial charge in [-0.2, -0.15) is 0 Å². The predicted octanol–water partition coefficient (Wildman–Crippen LogP) is 8.86. The second kappa shape index (κ2) is 10.6. The van der Waals surface area contributed by atoms with Crippen LogP contribution in [0.3, 0.4) is 0 Å². The van der Waals surface area contributed by atoms with E-state index in [9.17, 15) is 92.2 Å². The van der Waals surface area contributed by atoms with Crippen LogP contribution >= 0.6 is 0 Å². The van der Waals surface area contributed by atoms with Crippen molar-refractivity contribution in [2.45, 2.75) is 80.7 Å². The van der Waals surface area contributed by atoms with Gasteiger partial charge in [0.05, 0.1) is 0 Å². The summed E-state index contributed by atoms with van der Waals surface area (Å²) in [6, 6.07) is 0. The van der Waals surface area contributed by atoms with Gasteiger partial charge in [0, 0.05) is 0 Å². The van der Waals surface area contributed by atoms with Crippen LogP contribution in [-0.2, 0) is 3.07 Å². The first-order chi connectivity index (χ1) is 16.2.